The van der Waals surface area contributed by atoms with Crippen LogP contribution in [0.3, 0.4) is 0 Å². The average molecular weight is 483 g/mol. The van der Waals surface area contributed by atoms with Gasteiger partial charge in [0.05, 0.1) is 17.0 Å². The van der Waals surface area contributed by atoms with Crippen LogP contribution in [0.15, 0.2) is 30.5 Å². The number of nitrogens with zero attached hydrogens (tertiary/aromatic N) is 2. The van der Waals surface area contributed by atoms with Gasteiger partial charge in [-0.05, 0) is 67.2 Å². The first-order valence-corrected chi connectivity index (χ1v) is 11.6. The van der Waals surface area contributed by atoms with Gasteiger partial charge in [0.1, 0.15) is 17.5 Å². The number of halogens is 3. The van der Waals surface area contributed by atoms with E-state index in [0.717, 1.165) is 37.3 Å². The minimum Gasteiger partial charge on any atom is -0.481 e. The van der Waals surface area contributed by atoms with Crippen LogP contribution in [0.4, 0.5) is 14.6 Å². The zero-order valence-corrected chi connectivity index (χ0v) is 18.8. The van der Waals surface area contributed by atoms with E-state index in [1.54, 1.807) is 6.07 Å². The van der Waals surface area contributed by atoms with Gasteiger partial charge in [-0.1, -0.05) is 11.6 Å². The van der Waals surface area contributed by atoms with Crippen LogP contribution in [0, 0.1) is 23.5 Å². The minimum atomic E-state index is -0.759. The van der Waals surface area contributed by atoms with Crippen LogP contribution in [-0.2, 0) is 10.2 Å². The number of nitrogens with one attached hydrogen (secondary N) is 1. The summed E-state index contributed by atoms with van der Waals surface area (Å²) < 4.78 is 28.1. The molecule has 4 N–H and O–H groups in total. The van der Waals surface area contributed by atoms with Crippen molar-refractivity contribution in [2.75, 3.05) is 5.73 Å². The number of fused-ring (bicyclic) bond motifs is 5. The number of aliphatic carboxylic acids is 1. The van der Waals surface area contributed by atoms with Crippen LogP contribution in [-0.4, -0.2) is 26.0 Å². The molecule has 1 atom stereocenters. The SMILES string of the molecule is Nc1nc(-c2c[nH]c3c(F)cc(F)cc23)nc2cc(Cl)cc(C34CCC(CC3)[C@@H](C(=O)O)C4)c12. The minimum absolute atomic E-state index is 0.156. The van der Waals surface area contributed by atoms with E-state index in [2.05, 4.69) is 15.0 Å². The van der Waals surface area contributed by atoms with Crippen molar-refractivity contribution in [3.05, 3.63) is 52.7 Å². The summed E-state index contributed by atoms with van der Waals surface area (Å²) in [5, 5.41) is 11.2. The van der Waals surface area contributed by atoms with E-state index in [1.807, 2.05) is 6.07 Å². The van der Waals surface area contributed by atoms with Crippen molar-refractivity contribution in [1.82, 2.24) is 15.0 Å². The summed E-state index contributed by atoms with van der Waals surface area (Å²) in [6, 6.07) is 5.59. The van der Waals surface area contributed by atoms with Gasteiger partial charge in [0, 0.05) is 33.6 Å². The zero-order valence-electron chi connectivity index (χ0n) is 18.0. The van der Waals surface area contributed by atoms with Gasteiger partial charge >= 0.3 is 5.97 Å². The smallest absolute Gasteiger partial charge is 0.306 e. The Hall–Kier alpha value is -3.26. The van der Waals surface area contributed by atoms with E-state index in [0.29, 0.717) is 33.3 Å². The number of rotatable bonds is 3. The maximum Gasteiger partial charge on any atom is 0.306 e. The maximum absolute atomic E-state index is 14.2. The molecule has 174 valence electrons. The largest absolute Gasteiger partial charge is 0.481 e. The highest BCUT2D eigenvalue weighted by atomic mass is 35.5. The number of carboxylic acids is 1. The number of aromatic nitrogens is 3. The van der Waals surface area contributed by atoms with E-state index in [9.17, 15) is 18.7 Å². The number of benzene rings is 2. The van der Waals surface area contributed by atoms with Crippen molar-refractivity contribution in [3.8, 4) is 11.4 Å². The molecule has 4 aromatic rings. The summed E-state index contributed by atoms with van der Waals surface area (Å²) in [6.45, 7) is 0. The number of hydrogen-bond donors (Lipinski definition) is 3. The Morgan fingerprint density at radius 1 is 1.18 bits per heavy atom. The van der Waals surface area contributed by atoms with Crippen LogP contribution in [0.25, 0.3) is 33.2 Å². The van der Waals surface area contributed by atoms with Crippen molar-refractivity contribution in [1.29, 1.82) is 0 Å². The van der Waals surface area contributed by atoms with Gasteiger partial charge in [0.2, 0.25) is 0 Å². The molecule has 2 aromatic heterocycles. The Bertz CT molecular complexity index is 1490. The summed E-state index contributed by atoms with van der Waals surface area (Å²) in [5.74, 6) is -1.91. The average Bonchev–Trinajstić information content (AvgIpc) is 3.23. The monoisotopic (exact) mass is 482 g/mol. The lowest BCUT2D eigenvalue weighted by Gasteiger charge is -2.50. The Labute approximate surface area is 198 Å². The highest BCUT2D eigenvalue weighted by Gasteiger charge is 2.50. The molecule has 0 amide bonds. The first kappa shape index (κ1) is 21.3. The molecule has 2 bridgehead atoms. The lowest BCUT2D eigenvalue weighted by molar-refractivity contribution is -0.148. The van der Waals surface area contributed by atoms with Crippen LogP contribution in [0.2, 0.25) is 5.02 Å². The first-order chi connectivity index (χ1) is 16.3. The second-order valence-corrected chi connectivity index (χ2v) is 10.00. The molecule has 2 aromatic carbocycles. The number of nitrogen functional groups attached to an aromatic ring is 1. The molecule has 0 saturated heterocycles. The normalized spacial score (nSPS) is 24.2. The molecule has 0 radical (unpaired) electrons. The van der Waals surface area contributed by atoms with Crippen LogP contribution in [0.5, 0.6) is 0 Å². The Morgan fingerprint density at radius 3 is 2.68 bits per heavy atom. The molecule has 3 aliphatic carbocycles. The number of carboxylic acid groups (broad SMARTS) is 1. The van der Waals surface area contributed by atoms with Gasteiger partial charge in [-0.25, -0.2) is 18.7 Å². The molecule has 0 aliphatic heterocycles. The van der Waals surface area contributed by atoms with Crippen molar-refractivity contribution < 1.29 is 18.7 Å². The van der Waals surface area contributed by atoms with E-state index in [1.165, 1.54) is 12.3 Å². The van der Waals surface area contributed by atoms with Gasteiger partial charge in [-0.3, -0.25) is 4.79 Å². The second-order valence-electron chi connectivity index (χ2n) is 9.56. The van der Waals surface area contributed by atoms with Crippen molar-refractivity contribution >= 4 is 45.2 Å². The summed E-state index contributed by atoms with van der Waals surface area (Å²) in [7, 11) is 0. The second kappa shape index (κ2) is 7.37. The van der Waals surface area contributed by atoms with E-state index in [4.69, 9.17) is 17.3 Å². The molecule has 3 fully saturated rings. The summed E-state index contributed by atoms with van der Waals surface area (Å²) in [4.78, 5) is 23.9. The Kier molecular flexibility index (Phi) is 4.61. The molecule has 3 saturated carbocycles. The lowest BCUT2D eigenvalue weighted by Crippen LogP contribution is -2.45. The number of nitrogens with two attached hydrogens (primary N) is 1. The number of carbonyl (C=O) groups is 1. The molecule has 3 aliphatic rings. The third-order valence-electron chi connectivity index (χ3n) is 7.79. The summed E-state index contributed by atoms with van der Waals surface area (Å²) in [5.41, 5.74) is 8.11. The topological polar surface area (TPSA) is 105 Å². The Balaban J connectivity index is 1.55. The number of H-pyrrole nitrogens is 1. The fourth-order valence-corrected chi connectivity index (χ4v) is 6.40. The molecule has 6 nitrogen and oxygen atoms in total. The van der Waals surface area contributed by atoms with E-state index < -0.39 is 23.5 Å². The summed E-state index contributed by atoms with van der Waals surface area (Å²) >= 11 is 6.52. The zero-order chi connectivity index (χ0) is 23.8. The number of aromatic amines is 1. The Morgan fingerprint density at radius 2 is 1.94 bits per heavy atom. The molecule has 9 heteroatoms. The third kappa shape index (κ3) is 3.08. The molecular formula is C25H21ClF2N4O2. The molecular weight excluding hydrogens is 462 g/mol. The third-order valence-corrected chi connectivity index (χ3v) is 8.01. The first-order valence-electron chi connectivity index (χ1n) is 11.2. The molecule has 34 heavy (non-hydrogen) atoms. The lowest BCUT2D eigenvalue weighted by atomic mass is 9.53. The van der Waals surface area contributed by atoms with Gasteiger partial charge < -0.3 is 15.8 Å². The fraction of sp³-hybridized carbons (Fsp3) is 0.320. The standard InChI is InChI=1S/C25H21ClF2N4O2/c26-12-5-17(25-3-1-11(2-4-25)15(9-25)24(33)34)20-19(6-12)31-23(32-22(20)29)16-10-30-21-14(16)7-13(27)8-18(21)28/h5-8,10-11,15,30H,1-4,9H2,(H,33,34)(H2,29,31,32)/t11?,15-,25?/m0/s1. The predicted molar refractivity (Wildman–Crippen MR) is 126 cm³/mol. The van der Waals surface area contributed by atoms with E-state index >= 15 is 0 Å². The van der Waals surface area contributed by atoms with Gasteiger partial charge in [-0.2, -0.15) is 0 Å². The quantitative estimate of drug-likeness (QED) is 0.341. The van der Waals surface area contributed by atoms with Crippen LogP contribution >= 0.6 is 11.6 Å². The molecule has 0 spiro atoms. The van der Waals surface area contributed by atoms with Crippen molar-refractivity contribution in [3.63, 3.8) is 0 Å². The molecule has 2 heterocycles. The predicted octanol–water partition coefficient (Wildman–Crippen LogP) is 5.82. The molecule has 0 unspecified atom stereocenters. The summed E-state index contributed by atoms with van der Waals surface area (Å²) in [6.07, 6.45) is 5.47. The van der Waals surface area contributed by atoms with Gasteiger partial charge in [0.15, 0.2) is 5.82 Å². The highest BCUT2D eigenvalue weighted by Crippen LogP contribution is 2.56. The van der Waals surface area contributed by atoms with Crippen molar-refractivity contribution in [2.45, 2.75) is 37.5 Å². The van der Waals surface area contributed by atoms with Crippen LogP contribution < -0.4 is 5.73 Å². The maximum atomic E-state index is 14.2. The van der Waals surface area contributed by atoms with Gasteiger partial charge in [0.25, 0.3) is 0 Å². The van der Waals surface area contributed by atoms with Crippen molar-refractivity contribution in [2.24, 2.45) is 11.8 Å². The molecule has 7 rings (SSSR count). The number of anilines is 1. The van der Waals surface area contributed by atoms with Crippen LogP contribution in [0.1, 0.15) is 37.7 Å². The highest BCUT2D eigenvalue weighted by molar-refractivity contribution is 6.31. The fourth-order valence-electron chi connectivity index (χ4n) is 6.19. The van der Waals surface area contributed by atoms with E-state index in [-0.39, 0.29) is 28.5 Å². The van der Waals surface area contributed by atoms with Gasteiger partial charge in [-0.15, -0.1) is 0 Å². The number of hydrogen-bond acceptors (Lipinski definition) is 4.